The third-order valence-corrected chi connectivity index (χ3v) is 5.71. The van der Waals surface area contributed by atoms with Crippen molar-refractivity contribution in [3.63, 3.8) is 0 Å². The molecule has 0 spiro atoms. The van der Waals surface area contributed by atoms with E-state index in [1.807, 2.05) is 6.07 Å². The first-order valence-corrected chi connectivity index (χ1v) is 8.44. The van der Waals surface area contributed by atoms with Crippen LogP contribution in [-0.4, -0.2) is 36.3 Å². The van der Waals surface area contributed by atoms with Crippen LogP contribution in [0.1, 0.15) is 24.5 Å². The van der Waals surface area contributed by atoms with Crippen LogP contribution in [0.4, 0.5) is 5.69 Å². The minimum Gasteiger partial charge on any atom is -0.508 e. The Labute approximate surface area is 138 Å². The van der Waals surface area contributed by atoms with E-state index >= 15 is 0 Å². The predicted molar refractivity (Wildman–Crippen MR) is 94.0 cm³/mol. The van der Waals surface area contributed by atoms with E-state index in [1.165, 1.54) is 16.8 Å². The number of hydrogen-bond donors (Lipinski definition) is 1. The number of phenols is 1. The summed E-state index contributed by atoms with van der Waals surface area (Å²) >= 11 is 0. The van der Waals surface area contributed by atoms with Crippen molar-refractivity contribution in [2.24, 2.45) is 0 Å². The van der Waals surface area contributed by atoms with Gasteiger partial charge in [-0.05, 0) is 42.2 Å². The van der Waals surface area contributed by atoms with Gasteiger partial charge in [0.05, 0.1) is 6.17 Å². The van der Waals surface area contributed by atoms with Crippen molar-refractivity contribution in [3.8, 4) is 5.75 Å². The molecular formula is C20H24N2O. The summed E-state index contributed by atoms with van der Waals surface area (Å²) in [6, 6.07) is 16.5. The predicted octanol–water partition coefficient (Wildman–Crippen LogP) is 3.37. The molecule has 2 heterocycles. The topological polar surface area (TPSA) is 26.7 Å². The van der Waals surface area contributed by atoms with Gasteiger partial charge in [0, 0.05) is 31.2 Å². The highest BCUT2D eigenvalue weighted by Crippen LogP contribution is 2.52. The highest BCUT2D eigenvalue weighted by Gasteiger charge is 2.53. The van der Waals surface area contributed by atoms with Gasteiger partial charge in [0.1, 0.15) is 5.75 Å². The molecule has 2 aliphatic rings. The Hall–Kier alpha value is -2.00. The van der Waals surface area contributed by atoms with Gasteiger partial charge in [-0.25, -0.2) is 0 Å². The zero-order chi connectivity index (χ0) is 16.0. The van der Waals surface area contributed by atoms with Crippen LogP contribution in [0.5, 0.6) is 5.75 Å². The van der Waals surface area contributed by atoms with E-state index in [2.05, 4.69) is 60.2 Å². The second-order valence-corrected chi connectivity index (χ2v) is 7.13. The Bertz CT molecular complexity index is 715. The molecule has 1 fully saturated rings. The molecule has 0 aliphatic carbocycles. The summed E-state index contributed by atoms with van der Waals surface area (Å²) in [6.45, 7) is 4.55. The number of benzene rings is 2. The number of aromatic hydroxyl groups is 1. The molecule has 3 nitrogen and oxygen atoms in total. The summed E-state index contributed by atoms with van der Waals surface area (Å²) < 4.78 is 0. The van der Waals surface area contributed by atoms with Crippen LogP contribution < -0.4 is 4.90 Å². The smallest absolute Gasteiger partial charge is 0.116 e. The van der Waals surface area contributed by atoms with Crippen LogP contribution in [0, 0.1) is 0 Å². The molecule has 0 saturated carbocycles. The van der Waals surface area contributed by atoms with Gasteiger partial charge in [-0.1, -0.05) is 37.3 Å². The number of anilines is 1. The average molecular weight is 308 g/mol. The maximum absolute atomic E-state index is 9.90. The maximum Gasteiger partial charge on any atom is 0.116 e. The van der Waals surface area contributed by atoms with E-state index in [-0.39, 0.29) is 5.41 Å². The molecule has 0 bridgehead atoms. The lowest BCUT2D eigenvalue weighted by molar-refractivity contribution is 0.226. The SMILES string of the molecule is CN1c2ccc(O)cc2[C@]2(C)CCN(CCc3ccccc3)[C@H]12. The van der Waals surface area contributed by atoms with Crippen LogP contribution in [0.2, 0.25) is 0 Å². The molecule has 1 N–H and O–H groups in total. The van der Waals surface area contributed by atoms with Gasteiger partial charge in [-0.3, -0.25) is 4.90 Å². The lowest BCUT2D eigenvalue weighted by Crippen LogP contribution is -2.47. The monoisotopic (exact) mass is 308 g/mol. The molecule has 3 heteroatoms. The largest absolute Gasteiger partial charge is 0.508 e. The number of fused-ring (bicyclic) bond motifs is 3. The van der Waals surface area contributed by atoms with Gasteiger partial charge in [0.25, 0.3) is 0 Å². The minimum atomic E-state index is 0.111. The first-order chi connectivity index (χ1) is 11.1. The van der Waals surface area contributed by atoms with Crippen molar-refractivity contribution in [2.45, 2.75) is 31.3 Å². The minimum absolute atomic E-state index is 0.111. The van der Waals surface area contributed by atoms with Gasteiger partial charge in [0.15, 0.2) is 0 Å². The highest BCUT2D eigenvalue weighted by molar-refractivity contribution is 5.66. The second-order valence-electron chi connectivity index (χ2n) is 7.13. The fourth-order valence-electron chi connectivity index (χ4n) is 4.55. The summed E-state index contributed by atoms with van der Waals surface area (Å²) in [7, 11) is 2.19. The highest BCUT2D eigenvalue weighted by atomic mass is 16.3. The second kappa shape index (κ2) is 5.27. The Kier molecular flexibility index (Phi) is 3.34. The number of nitrogens with zero attached hydrogens (tertiary/aromatic N) is 2. The summed E-state index contributed by atoms with van der Waals surface area (Å²) in [5.41, 5.74) is 4.07. The summed E-state index contributed by atoms with van der Waals surface area (Å²) in [5.74, 6) is 0.377. The average Bonchev–Trinajstić information content (AvgIpc) is 3.00. The number of likely N-dealkylation sites (tertiary alicyclic amines) is 1. The van der Waals surface area contributed by atoms with Gasteiger partial charge in [-0.15, -0.1) is 0 Å². The lowest BCUT2D eigenvalue weighted by Gasteiger charge is -2.34. The lowest BCUT2D eigenvalue weighted by atomic mass is 9.81. The van der Waals surface area contributed by atoms with E-state index in [9.17, 15) is 5.11 Å². The fourth-order valence-corrected chi connectivity index (χ4v) is 4.55. The molecule has 0 radical (unpaired) electrons. The molecule has 23 heavy (non-hydrogen) atoms. The van der Waals surface area contributed by atoms with E-state index in [4.69, 9.17) is 0 Å². The third kappa shape index (κ3) is 2.22. The quantitative estimate of drug-likeness (QED) is 0.942. The van der Waals surface area contributed by atoms with E-state index in [1.54, 1.807) is 6.07 Å². The summed E-state index contributed by atoms with van der Waals surface area (Å²) in [5, 5.41) is 9.90. The van der Waals surface area contributed by atoms with E-state index < -0.39 is 0 Å². The van der Waals surface area contributed by atoms with Gasteiger partial charge >= 0.3 is 0 Å². The van der Waals surface area contributed by atoms with E-state index in [0.29, 0.717) is 11.9 Å². The van der Waals surface area contributed by atoms with Crippen LogP contribution in [0.25, 0.3) is 0 Å². The van der Waals surface area contributed by atoms with Crippen molar-refractivity contribution in [3.05, 3.63) is 59.7 Å². The van der Waals surface area contributed by atoms with Crippen LogP contribution >= 0.6 is 0 Å². The zero-order valence-corrected chi connectivity index (χ0v) is 13.9. The normalized spacial score (nSPS) is 26.3. The zero-order valence-electron chi connectivity index (χ0n) is 13.9. The van der Waals surface area contributed by atoms with Gasteiger partial charge in [-0.2, -0.15) is 0 Å². The molecule has 2 atom stereocenters. The Balaban J connectivity index is 1.58. The van der Waals surface area contributed by atoms with Crippen molar-refractivity contribution in [1.29, 1.82) is 0 Å². The van der Waals surface area contributed by atoms with Crippen LogP contribution in [-0.2, 0) is 11.8 Å². The standard InChI is InChI=1S/C20H24N2O/c1-20-11-13-22(12-10-15-6-4-3-5-7-15)19(20)21(2)18-9-8-16(23)14-17(18)20/h3-9,14,19,23H,10-13H2,1-2H3/t19-,20-/m0/s1. The van der Waals surface area contributed by atoms with Crippen molar-refractivity contribution in [2.75, 3.05) is 25.0 Å². The van der Waals surface area contributed by atoms with Gasteiger partial charge < -0.3 is 10.0 Å². The molecule has 120 valence electrons. The molecule has 2 aromatic carbocycles. The Morgan fingerprint density at radius 2 is 1.96 bits per heavy atom. The molecule has 0 amide bonds. The van der Waals surface area contributed by atoms with E-state index in [0.717, 1.165) is 25.9 Å². The molecule has 2 aliphatic heterocycles. The molecule has 1 saturated heterocycles. The fraction of sp³-hybridized carbons (Fsp3) is 0.400. The summed E-state index contributed by atoms with van der Waals surface area (Å²) in [6.07, 6.45) is 2.62. The van der Waals surface area contributed by atoms with Crippen molar-refractivity contribution in [1.82, 2.24) is 4.90 Å². The number of phenolic OH excluding ortho intramolecular Hbond substituents is 1. The first kappa shape index (κ1) is 14.6. The van der Waals surface area contributed by atoms with Crippen LogP contribution in [0.15, 0.2) is 48.5 Å². The molecular weight excluding hydrogens is 284 g/mol. The molecule has 0 aromatic heterocycles. The Morgan fingerprint density at radius 3 is 2.74 bits per heavy atom. The Morgan fingerprint density at radius 1 is 1.17 bits per heavy atom. The number of hydrogen-bond acceptors (Lipinski definition) is 3. The third-order valence-electron chi connectivity index (χ3n) is 5.71. The maximum atomic E-state index is 9.90. The first-order valence-electron chi connectivity index (χ1n) is 8.44. The molecule has 4 rings (SSSR count). The molecule has 0 unspecified atom stereocenters. The summed E-state index contributed by atoms with van der Waals surface area (Å²) in [4.78, 5) is 5.00. The van der Waals surface area contributed by atoms with Crippen LogP contribution in [0.3, 0.4) is 0 Å². The number of likely N-dealkylation sites (N-methyl/N-ethyl adjacent to an activating group) is 1. The van der Waals surface area contributed by atoms with Crippen molar-refractivity contribution < 1.29 is 5.11 Å². The van der Waals surface area contributed by atoms with Crippen molar-refractivity contribution >= 4 is 5.69 Å². The molecule has 2 aromatic rings. The van der Waals surface area contributed by atoms with Gasteiger partial charge in [0.2, 0.25) is 0 Å². The number of rotatable bonds is 3.